The summed E-state index contributed by atoms with van der Waals surface area (Å²) in [6, 6.07) is 8.27. The molecule has 29 heavy (non-hydrogen) atoms. The quantitative estimate of drug-likeness (QED) is 0.504. The van der Waals surface area contributed by atoms with E-state index >= 15 is 0 Å². The Morgan fingerprint density at radius 3 is 2.66 bits per heavy atom. The van der Waals surface area contributed by atoms with Gasteiger partial charge in [-0.1, -0.05) is 17.7 Å². The zero-order valence-electron chi connectivity index (χ0n) is 17.1. The molecule has 0 bridgehead atoms. The fraction of sp³-hybridized carbons (Fsp3) is 0.273. The van der Waals surface area contributed by atoms with Crippen molar-refractivity contribution in [3.8, 4) is 23.0 Å². The number of hydrogen-bond donors (Lipinski definition) is 0. The van der Waals surface area contributed by atoms with Crippen molar-refractivity contribution in [3.63, 3.8) is 0 Å². The Hall–Kier alpha value is -3.48. The van der Waals surface area contributed by atoms with Gasteiger partial charge in [0.05, 0.1) is 19.1 Å². The fourth-order valence-corrected chi connectivity index (χ4v) is 3.34. The molecule has 0 saturated heterocycles. The van der Waals surface area contributed by atoms with Crippen LogP contribution in [0.3, 0.4) is 0 Å². The van der Waals surface area contributed by atoms with Gasteiger partial charge in [0.15, 0.2) is 11.6 Å². The largest absolute Gasteiger partial charge is 0.494 e. The van der Waals surface area contributed by atoms with E-state index < -0.39 is 0 Å². The van der Waals surface area contributed by atoms with E-state index in [2.05, 4.69) is 42.0 Å². The molecule has 0 aliphatic heterocycles. The van der Waals surface area contributed by atoms with Crippen LogP contribution in [0.5, 0.6) is 5.75 Å². The van der Waals surface area contributed by atoms with Crippen LogP contribution in [0, 0.1) is 20.8 Å². The molecule has 3 aromatic heterocycles. The minimum absolute atomic E-state index is 0.675. The standard InChI is InChI=1S/C22H24N6O/c1-15-5-6-18(17(3)11-15)28-22(21-19(29-4)12-16(2)13-24-21)25-20(26-28)7-9-27-10-8-23-14-27/h5-6,8,10-14H,7,9H2,1-4H3. The molecule has 0 amide bonds. The zero-order valence-corrected chi connectivity index (χ0v) is 17.1. The van der Waals surface area contributed by atoms with Gasteiger partial charge < -0.3 is 9.30 Å². The van der Waals surface area contributed by atoms with Gasteiger partial charge in [0, 0.05) is 31.6 Å². The molecule has 0 aliphatic rings. The van der Waals surface area contributed by atoms with Crippen molar-refractivity contribution in [1.29, 1.82) is 0 Å². The molecule has 0 fully saturated rings. The first-order valence-electron chi connectivity index (χ1n) is 9.55. The number of pyridine rings is 1. The molecule has 0 aliphatic carbocycles. The molecule has 0 N–H and O–H groups in total. The average Bonchev–Trinajstić information content (AvgIpc) is 3.36. The predicted molar refractivity (Wildman–Crippen MR) is 111 cm³/mol. The predicted octanol–water partition coefficient (Wildman–Crippen LogP) is 3.70. The molecule has 0 unspecified atom stereocenters. The monoisotopic (exact) mass is 388 g/mol. The van der Waals surface area contributed by atoms with E-state index in [4.69, 9.17) is 14.8 Å². The topological polar surface area (TPSA) is 70.7 Å². The Kier molecular flexibility index (Phi) is 5.12. The summed E-state index contributed by atoms with van der Waals surface area (Å²) in [7, 11) is 1.65. The van der Waals surface area contributed by atoms with Crippen molar-refractivity contribution >= 4 is 0 Å². The SMILES string of the molecule is COc1cc(C)cnc1-c1nc(CCn2ccnc2)nn1-c1ccc(C)cc1C. The smallest absolute Gasteiger partial charge is 0.185 e. The van der Waals surface area contributed by atoms with E-state index in [1.807, 2.05) is 34.6 Å². The van der Waals surface area contributed by atoms with Crippen LogP contribution in [0.15, 0.2) is 49.2 Å². The lowest BCUT2D eigenvalue weighted by Gasteiger charge is -2.11. The normalized spacial score (nSPS) is 11.0. The molecule has 4 rings (SSSR count). The van der Waals surface area contributed by atoms with Gasteiger partial charge in [-0.15, -0.1) is 0 Å². The van der Waals surface area contributed by atoms with Crippen LogP contribution < -0.4 is 4.74 Å². The maximum absolute atomic E-state index is 5.59. The van der Waals surface area contributed by atoms with Crippen molar-refractivity contribution in [3.05, 3.63) is 71.7 Å². The van der Waals surface area contributed by atoms with Gasteiger partial charge >= 0.3 is 0 Å². The summed E-state index contributed by atoms with van der Waals surface area (Å²) in [5.41, 5.74) is 5.03. The number of hydrogen-bond acceptors (Lipinski definition) is 5. The van der Waals surface area contributed by atoms with Crippen molar-refractivity contribution in [2.75, 3.05) is 7.11 Å². The van der Waals surface area contributed by atoms with E-state index in [-0.39, 0.29) is 0 Å². The number of benzene rings is 1. The lowest BCUT2D eigenvalue weighted by molar-refractivity contribution is 0.414. The number of nitrogens with zero attached hydrogens (tertiary/aromatic N) is 6. The highest BCUT2D eigenvalue weighted by Gasteiger charge is 2.20. The van der Waals surface area contributed by atoms with E-state index in [1.54, 1.807) is 19.6 Å². The Balaban J connectivity index is 1.81. The zero-order chi connectivity index (χ0) is 20.4. The van der Waals surface area contributed by atoms with Gasteiger partial charge in [-0.2, -0.15) is 5.10 Å². The average molecular weight is 388 g/mol. The van der Waals surface area contributed by atoms with Crippen molar-refractivity contribution in [2.45, 2.75) is 33.7 Å². The van der Waals surface area contributed by atoms with Crippen molar-refractivity contribution < 1.29 is 4.74 Å². The molecule has 7 nitrogen and oxygen atoms in total. The first-order valence-corrected chi connectivity index (χ1v) is 9.55. The van der Waals surface area contributed by atoms with Gasteiger partial charge in [-0.25, -0.2) is 19.6 Å². The van der Waals surface area contributed by atoms with Gasteiger partial charge in [0.25, 0.3) is 0 Å². The maximum Gasteiger partial charge on any atom is 0.185 e. The van der Waals surface area contributed by atoms with Gasteiger partial charge in [-0.05, 0) is 44.0 Å². The summed E-state index contributed by atoms with van der Waals surface area (Å²) in [6.45, 7) is 6.92. The van der Waals surface area contributed by atoms with Gasteiger partial charge in [0.2, 0.25) is 0 Å². The molecule has 3 heterocycles. The lowest BCUT2D eigenvalue weighted by atomic mass is 10.1. The second-order valence-corrected chi connectivity index (χ2v) is 7.17. The van der Waals surface area contributed by atoms with Crippen LogP contribution in [0.25, 0.3) is 17.2 Å². The number of methoxy groups -OCH3 is 1. The Bertz CT molecular complexity index is 1130. The molecule has 4 aromatic rings. The van der Waals surface area contributed by atoms with Crippen molar-refractivity contribution in [1.82, 2.24) is 29.3 Å². The summed E-state index contributed by atoms with van der Waals surface area (Å²) in [4.78, 5) is 13.5. The molecule has 0 saturated carbocycles. The number of ether oxygens (including phenoxy) is 1. The summed E-state index contributed by atoms with van der Waals surface area (Å²) in [5, 5.41) is 4.82. The fourth-order valence-electron chi connectivity index (χ4n) is 3.34. The first kappa shape index (κ1) is 18.9. The molecule has 0 spiro atoms. The summed E-state index contributed by atoms with van der Waals surface area (Å²) in [6.07, 6.45) is 8.02. The highest BCUT2D eigenvalue weighted by molar-refractivity contribution is 5.62. The maximum atomic E-state index is 5.59. The van der Waals surface area contributed by atoms with E-state index in [0.29, 0.717) is 23.7 Å². The molecule has 148 valence electrons. The molecule has 0 atom stereocenters. The second-order valence-electron chi connectivity index (χ2n) is 7.17. The Labute approximate surface area is 170 Å². The Morgan fingerprint density at radius 1 is 1.07 bits per heavy atom. The minimum Gasteiger partial charge on any atom is -0.494 e. The molecule has 0 radical (unpaired) electrons. The van der Waals surface area contributed by atoms with Crippen LogP contribution in [0.2, 0.25) is 0 Å². The third-order valence-electron chi connectivity index (χ3n) is 4.81. The Morgan fingerprint density at radius 2 is 1.93 bits per heavy atom. The van der Waals surface area contributed by atoms with Crippen LogP contribution in [-0.4, -0.2) is 36.4 Å². The molecular formula is C22H24N6O. The minimum atomic E-state index is 0.675. The number of aromatic nitrogens is 6. The molecule has 7 heteroatoms. The molecule has 1 aromatic carbocycles. The van der Waals surface area contributed by atoms with E-state index in [1.165, 1.54) is 5.56 Å². The van der Waals surface area contributed by atoms with Gasteiger partial charge in [-0.3, -0.25) is 0 Å². The number of imidazole rings is 1. The lowest BCUT2D eigenvalue weighted by Crippen LogP contribution is -2.05. The van der Waals surface area contributed by atoms with Crippen LogP contribution in [-0.2, 0) is 13.0 Å². The molecular weight excluding hydrogens is 364 g/mol. The van der Waals surface area contributed by atoms with Crippen LogP contribution in [0.4, 0.5) is 0 Å². The highest BCUT2D eigenvalue weighted by Crippen LogP contribution is 2.30. The van der Waals surface area contributed by atoms with E-state index in [9.17, 15) is 0 Å². The van der Waals surface area contributed by atoms with Crippen LogP contribution in [0.1, 0.15) is 22.5 Å². The van der Waals surface area contributed by atoms with Crippen molar-refractivity contribution in [2.24, 2.45) is 0 Å². The summed E-state index contributed by atoms with van der Waals surface area (Å²) in [5.74, 6) is 2.11. The third-order valence-corrected chi connectivity index (χ3v) is 4.81. The second kappa shape index (κ2) is 7.87. The number of rotatable bonds is 6. The number of aryl methyl sites for hydroxylation is 5. The summed E-state index contributed by atoms with van der Waals surface area (Å²) >= 11 is 0. The summed E-state index contributed by atoms with van der Waals surface area (Å²) < 4.78 is 9.48. The van der Waals surface area contributed by atoms with E-state index in [0.717, 1.165) is 29.2 Å². The van der Waals surface area contributed by atoms with Crippen LogP contribution >= 0.6 is 0 Å². The third kappa shape index (κ3) is 3.89. The highest BCUT2D eigenvalue weighted by atomic mass is 16.5. The first-order chi connectivity index (χ1) is 14.0. The van der Waals surface area contributed by atoms with Gasteiger partial charge in [0.1, 0.15) is 11.4 Å².